The maximum atomic E-state index is 6.21. The molecule has 0 fully saturated rings. The van der Waals surface area contributed by atoms with Crippen LogP contribution in [0.2, 0.25) is 0 Å². The van der Waals surface area contributed by atoms with Crippen LogP contribution in [0.4, 0.5) is 17.1 Å². The van der Waals surface area contributed by atoms with E-state index < -0.39 is 0 Å². The van der Waals surface area contributed by atoms with Gasteiger partial charge in [0.05, 0.1) is 0 Å². The Morgan fingerprint density at radius 1 is 0.562 bits per heavy atom. The molecule has 0 unspecified atom stereocenters. The number of para-hydroxylation sites is 1. The van der Waals surface area contributed by atoms with Crippen molar-refractivity contribution < 1.29 is 4.42 Å². The number of rotatable bonds is 5. The van der Waals surface area contributed by atoms with Crippen LogP contribution in [0.15, 0.2) is 175 Å². The van der Waals surface area contributed by atoms with Crippen LogP contribution in [0.3, 0.4) is 0 Å². The molecule has 2 nitrogen and oxygen atoms in total. The molecule has 232 valence electrons. The van der Waals surface area contributed by atoms with Crippen molar-refractivity contribution in [3.05, 3.63) is 182 Å². The quantitative estimate of drug-likeness (QED) is 0.191. The molecule has 1 heterocycles. The lowest BCUT2D eigenvalue weighted by Gasteiger charge is -2.31. The lowest BCUT2D eigenvalue weighted by atomic mass is 9.77. The fourth-order valence-electron chi connectivity index (χ4n) is 6.94. The molecule has 0 saturated carbocycles. The van der Waals surface area contributed by atoms with E-state index in [9.17, 15) is 0 Å². The van der Waals surface area contributed by atoms with Crippen molar-refractivity contribution >= 4 is 44.6 Å². The van der Waals surface area contributed by atoms with Gasteiger partial charge in [-0.25, -0.2) is 0 Å². The minimum atomic E-state index is -0.0825. The molecule has 6 aromatic carbocycles. The third-order valence-electron chi connectivity index (χ3n) is 9.56. The normalized spacial score (nSPS) is 15.3. The second-order valence-corrected chi connectivity index (χ2v) is 13.2. The molecule has 2 heteroatoms. The van der Waals surface area contributed by atoms with Gasteiger partial charge in [-0.05, 0) is 105 Å². The molecule has 48 heavy (non-hydrogen) atoms. The van der Waals surface area contributed by atoms with Crippen molar-refractivity contribution in [3.63, 3.8) is 0 Å². The Morgan fingerprint density at radius 2 is 1.21 bits per heavy atom. The van der Waals surface area contributed by atoms with Gasteiger partial charge in [-0.1, -0.05) is 130 Å². The summed E-state index contributed by atoms with van der Waals surface area (Å²) < 4.78 is 6.21. The Kier molecular flexibility index (Phi) is 7.42. The van der Waals surface area contributed by atoms with Crippen LogP contribution in [0.25, 0.3) is 49.8 Å². The van der Waals surface area contributed by atoms with E-state index in [1.807, 2.05) is 12.1 Å². The Morgan fingerprint density at radius 3 is 2.02 bits per heavy atom. The number of anilines is 3. The molecule has 0 amide bonds. The van der Waals surface area contributed by atoms with E-state index in [0.29, 0.717) is 0 Å². The van der Waals surface area contributed by atoms with Gasteiger partial charge in [-0.3, -0.25) is 0 Å². The number of furan rings is 1. The molecule has 7 aromatic rings. The number of benzene rings is 6. The number of fused-ring (bicyclic) bond motifs is 4. The van der Waals surface area contributed by atoms with Crippen LogP contribution in [0.5, 0.6) is 0 Å². The topological polar surface area (TPSA) is 16.4 Å². The van der Waals surface area contributed by atoms with E-state index in [2.05, 4.69) is 177 Å². The van der Waals surface area contributed by atoms with E-state index in [0.717, 1.165) is 51.0 Å². The molecule has 1 aliphatic rings. The first-order chi connectivity index (χ1) is 23.4. The summed E-state index contributed by atoms with van der Waals surface area (Å²) >= 11 is 0. The van der Waals surface area contributed by atoms with Crippen LogP contribution in [0, 0.1) is 0 Å². The molecule has 0 aliphatic heterocycles. The minimum Gasteiger partial charge on any atom is -0.456 e. The van der Waals surface area contributed by atoms with Gasteiger partial charge in [-0.15, -0.1) is 0 Å². The van der Waals surface area contributed by atoms with E-state index in [1.54, 1.807) is 0 Å². The van der Waals surface area contributed by atoms with Gasteiger partial charge in [0, 0.05) is 27.8 Å². The molecule has 0 radical (unpaired) electrons. The molecule has 0 spiro atoms. The summed E-state index contributed by atoms with van der Waals surface area (Å²) in [5.74, 6) is 0. The molecular weight excluding hydrogens is 583 g/mol. The summed E-state index contributed by atoms with van der Waals surface area (Å²) in [5, 5.41) is 2.22. The van der Waals surface area contributed by atoms with E-state index in [1.165, 1.54) is 33.4 Å². The predicted molar refractivity (Wildman–Crippen MR) is 204 cm³/mol. The third-order valence-corrected chi connectivity index (χ3v) is 9.56. The average Bonchev–Trinajstić information content (AvgIpc) is 3.52. The zero-order valence-corrected chi connectivity index (χ0v) is 27.4. The van der Waals surface area contributed by atoms with Crippen molar-refractivity contribution in [2.24, 2.45) is 0 Å². The van der Waals surface area contributed by atoms with Gasteiger partial charge in [0.15, 0.2) is 0 Å². The molecule has 8 rings (SSSR count). The standard InChI is InChI=1S/C46H37NO/c1-32-13-6-5-11-28-46(2,3)43-31-39(24-26-40(32)43)47(38-25-27-45-42(30-38)41-18-9-10-19-44(41)48-45)37-22-20-34(21-23-37)36-17-12-16-35(29-36)33-14-7-4-8-15-33/h4-27,29-31H,1,28H2,2-3H3/b11-5-,13-6-. The number of hydrogen-bond acceptors (Lipinski definition) is 2. The van der Waals surface area contributed by atoms with Crippen LogP contribution < -0.4 is 4.90 Å². The molecule has 0 atom stereocenters. The zero-order chi connectivity index (χ0) is 32.7. The summed E-state index contributed by atoms with van der Waals surface area (Å²) in [6, 6.07) is 49.9. The molecular formula is C46H37NO. The van der Waals surface area contributed by atoms with Gasteiger partial charge in [0.2, 0.25) is 0 Å². The summed E-state index contributed by atoms with van der Waals surface area (Å²) in [4.78, 5) is 2.36. The van der Waals surface area contributed by atoms with E-state index >= 15 is 0 Å². The Bertz CT molecular complexity index is 2350. The summed E-state index contributed by atoms with van der Waals surface area (Å²) in [7, 11) is 0. The van der Waals surface area contributed by atoms with Gasteiger partial charge in [0.25, 0.3) is 0 Å². The second-order valence-electron chi connectivity index (χ2n) is 13.2. The second kappa shape index (κ2) is 12.1. The first-order valence-electron chi connectivity index (χ1n) is 16.6. The smallest absolute Gasteiger partial charge is 0.135 e. The van der Waals surface area contributed by atoms with Crippen molar-refractivity contribution in [1.29, 1.82) is 0 Å². The van der Waals surface area contributed by atoms with E-state index in [4.69, 9.17) is 4.42 Å². The van der Waals surface area contributed by atoms with Crippen LogP contribution in [-0.2, 0) is 5.41 Å². The Labute approximate surface area is 282 Å². The predicted octanol–water partition coefficient (Wildman–Crippen LogP) is 13.2. The number of allylic oxidation sites excluding steroid dienone is 5. The highest BCUT2D eigenvalue weighted by Gasteiger charge is 2.26. The summed E-state index contributed by atoms with van der Waals surface area (Å²) in [6.07, 6.45) is 9.53. The van der Waals surface area contributed by atoms with Gasteiger partial charge >= 0.3 is 0 Å². The van der Waals surface area contributed by atoms with Gasteiger partial charge in [-0.2, -0.15) is 0 Å². The Balaban J connectivity index is 1.27. The average molecular weight is 620 g/mol. The molecule has 0 N–H and O–H groups in total. The number of hydrogen-bond donors (Lipinski definition) is 0. The molecule has 0 bridgehead atoms. The first-order valence-corrected chi connectivity index (χ1v) is 16.6. The Hall–Kier alpha value is -5.86. The lowest BCUT2D eigenvalue weighted by Crippen LogP contribution is -2.19. The minimum absolute atomic E-state index is 0.0825. The highest BCUT2D eigenvalue weighted by molar-refractivity contribution is 6.06. The third kappa shape index (κ3) is 5.46. The van der Waals surface area contributed by atoms with Crippen molar-refractivity contribution in [2.45, 2.75) is 25.7 Å². The summed E-state index contributed by atoms with van der Waals surface area (Å²) in [6.45, 7) is 9.08. The molecule has 1 aromatic heterocycles. The maximum absolute atomic E-state index is 6.21. The maximum Gasteiger partial charge on any atom is 0.135 e. The SMILES string of the molecule is C=C1/C=C\C=C/CC(C)(C)c2cc(N(c3ccc(-c4cccc(-c5ccccc5)c4)cc3)c3ccc4oc5ccccc5c4c3)ccc21. The number of nitrogens with zero attached hydrogens (tertiary/aromatic N) is 1. The molecule has 1 aliphatic carbocycles. The highest BCUT2D eigenvalue weighted by atomic mass is 16.3. The van der Waals surface area contributed by atoms with Crippen molar-refractivity contribution in [2.75, 3.05) is 4.90 Å². The fourth-order valence-corrected chi connectivity index (χ4v) is 6.94. The van der Waals surface area contributed by atoms with Crippen LogP contribution in [0.1, 0.15) is 31.4 Å². The van der Waals surface area contributed by atoms with Crippen LogP contribution >= 0.6 is 0 Å². The first kappa shape index (κ1) is 29.5. The zero-order valence-electron chi connectivity index (χ0n) is 27.4. The highest BCUT2D eigenvalue weighted by Crippen LogP contribution is 2.43. The van der Waals surface area contributed by atoms with Crippen LogP contribution in [-0.4, -0.2) is 0 Å². The van der Waals surface area contributed by atoms with Gasteiger partial charge < -0.3 is 9.32 Å². The largest absolute Gasteiger partial charge is 0.456 e. The monoisotopic (exact) mass is 619 g/mol. The van der Waals surface area contributed by atoms with Crippen molar-refractivity contribution in [1.82, 2.24) is 0 Å². The van der Waals surface area contributed by atoms with E-state index in [-0.39, 0.29) is 5.41 Å². The summed E-state index contributed by atoms with van der Waals surface area (Å²) in [5.41, 5.74) is 13.3. The van der Waals surface area contributed by atoms with Crippen molar-refractivity contribution in [3.8, 4) is 22.3 Å². The fraction of sp³-hybridized carbons (Fsp3) is 0.0870. The van der Waals surface area contributed by atoms with Gasteiger partial charge in [0.1, 0.15) is 11.2 Å². The molecule has 0 saturated heterocycles. The lowest BCUT2D eigenvalue weighted by molar-refractivity contribution is 0.533.